The molecule has 0 saturated heterocycles. The Balaban J connectivity index is 1.74. The van der Waals surface area contributed by atoms with Crippen molar-refractivity contribution in [2.75, 3.05) is 7.11 Å². The highest BCUT2D eigenvalue weighted by molar-refractivity contribution is 5.83. The molecule has 118 valence electrons. The zero-order valence-electron chi connectivity index (χ0n) is 13.3. The van der Waals surface area contributed by atoms with Crippen molar-refractivity contribution in [3.63, 3.8) is 0 Å². The fraction of sp³-hybridized carbons (Fsp3) is 0.500. The number of nitrogens with one attached hydrogen (secondary N) is 2. The summed E-state index contributed by atoms with van der Waals surface area (Å²) in [6.07, 6.45) is 13.0. The molecule has 1 saturated carbocycles. The second-order valence-corrected chi connectivity index (χ2v) is 6.03. The molecule has 0 unspecified atom stereocenters. The van der Waals surface area contributed by atoms with Crippen molar-refractivity contribution < 1.29 is 4.74 Å². The first-order valence-electron chi connectivity index (χ1n) is 8.31. The van der Waals surface area contributed by atoms with E-state index < -0.39 is 0 Å². The van der Waals surface area contributed by atoms with Crippen molar-refractivity contribution in [1.29, 1.82) is 0 Å². The lowest BCUT2D eigenvalue weighted by Gasteiger charge is -2.15. The van der Waals surface area contributed by atoms with Gasteiger partial charge >= 0.3 is 0 Å². The Morgan fingerprint density at radius 3 is 2.59 bits per heavy atom. The van der Waals surface area contributed by atoms with E-state index in [1.54, 1.807) is 7.11 Å². The number of methoxy groups -OCH3 is 1. The predicted octanol–water partition coefficient (Wildman–Crippen LogP) is 4.55. The van der Waals surface area contributed by atoms with Gasteiger partial charge in [-0.1, -0.05) is 32.1 Å². The SMILES string of the molecule is COc1cc(-c2ccc[nH]2)[nH]c1C=NC1CCCCCCC1. The Bertz CT molecular complexity index is 590. The molecule has 2 aromatic rings. The number of ether oxygens (including phenoxy) is 1. The van der Waals surface area contributed by atoms with Gasteiger partial charge in [-0.15, -0.1) is 0 Å². The van der Waals surface area contributed by atoms with E-state index >= 15 is 0 Å². The third-order valence-corrected chi connectivity index (χ3v) is 4.41. The summed E-state index contributed by atoms with van der Waals surface area (Å²) in [6, 6.07) is 6.51. The second-order valence-electron chi connectivity index (χ2n) is 6.03. The zero-order valence-corrected chi connectivity index (χ0v) is 13.3. The lowest BCUT2D eigenvalue weighted by molar-refractivity contribution is 0.414. The van der Waals surface area contributed by atoms with Crippen LogP contribution in [0.3, 0.4) is 0 Å². The Kier molecular flexibility index (Phi) is 4.99. The summed E-state index contributed by atoms with van der Waals surface area (Å²) in [4.78, 5) is 11.4. The summed E-state index contributed by atoms with van der Waals surface area (Å²) in [7, 11) is 1.70. The van der Waals surface area contributed by atoms with Crippen molar-refractivity contribution in [3.8, 4) is 17.1 Å². The third kappa shape index (κ3) is 3.62. The van der Waals surface area contributed by atoms with Gasteiger partial charge in [-0.05, 0) is 25.0 Å². The van der Waals surface area contributed by atoms with Crippen LogP contribution in [0.1, 0.15) is 50.6 Å². The van der Waals surface area contributed by atoms with E-state index in [9.17, 15) is 0 Å². The standard InChI is InChI=1S/C18H25N3O/c1-22-18-12-16(15-10-7-11-19-15)21-17(18)13-20-14-8-5-3-2-4-6-9-14/h7,10-14,19,21H,2-6,8-9H2,1H3. The fourth-order valence-electron chi connectivity index (χ4n) is 3.12. The summed E-state index contributed by atoms with van der Waals surface area (Å²) in [5.74, 6) is 0.846. The molecule has 3 rings (SSSR count). The highest BCUT2D eigenvalue weighted by Gasteiger charge is 2.12. The van der Waals surface area contributed by atoms with Crippen LogP contribution in [0.25, 0.3) is 11.4 Å². The molecular weight excluding hydrogens is 274 g/mol. The molecule has 0 bridgehead atoms. The number of aromatic nitrogens is 2. The lowest BCUT2D eigenvalue weighted by Crippen LogP contribution is -2.07. The number of aromatic amines is 2. The molecule has 2 aromatic heterocycles. The number of hydrogen-bond acceptors (Lipinski definition) is 2. The van der Waals surface area contributed by atoms with E-state index in [2.05, 4.69) is 9.97 Å². The smallest absolute Gasteiger partial charge is 0.146 e. The molecule has 22 heavy (non-hydrogen) atoms. The van der Waals surface area contributed by atoms with E-state index in [1.165, 1.54) is 44.9 Å². The monoisotopic (exact) mass is 299 g/mol. The van der Waals surface area contributed by atoms with Crippen molar-refractivity contribution >= 4 is 6.21 Å². The highest BCUT2D eigenvalue weighted by atomic mass is 16.5. The van der Waals surface area contributed by atoms with Crippen LogP contribution in [0.4, 0.5) is 0 Å². The number of H-pyrrole nitrogens is 2. The first kappa shape index (κ1) is 14.9. The summed E-state index contributed by atoms with van der Waals surface area (Å²) in [5, 5.41) is 0. The van der Waals surface area contributed by atoms with Crippen molar-refractivity contribution in [1.82, 2.24) is 9.97 Å². The highest BCUT2D eigenvalue weighted by Crippen LogP contribution is 2.26. The summed E-state index contributed by atoms with van der Waals surface area (Å²) in [5.41, 5.74) is 3.04. The van der Waals surface area contributed by atoms with Gasteiger partial charge in [0.25, 0.3) is 0 Å². The molecule has 0 radical (unpaired) electrons. The third-order valence-electron chi connectivity index (χ3n) is 4.41. The van der Waals surface area contributed by atoms with Crippen LogP contribution >= 0.6 is 0 Å². The maximum atomic E-state index is 5.47. The molecule has 0 amide bonds. The minimum atomic E-state index is 0.460. The van der Waals surface area contributed by atoms with Gasteiger partial charge in [-0.3, -0.25) is 4.99 Å². The van der Waals surface area contributed by atoms with E-state index in [-0.39, 0.29) is 0 Å². The van der Waals surface area contributed by atoms with Crippen molar-refractivity contribution in [2.45, 2.75) is 51.0 Å². The quantitative estimate of drug-likeness (QED) is 0.799. The van der Waals surface area contributed by atoms with Gasteiger partial charge in [0, 0.05) is 18.5 Å². The van der Waals surface area contributed by atoms with E-state index in [0.29, 0.717) is 6.04 Å². The number of rotatable bonds is 4. The topological polar surface area (TPSA) is 53.2 Å². The van der Waals surface area contributed by atoms with Gasteiger partial charge in [0.1, 0.15) is 5.75 Å². The largest absolute Gasteiger partial charge is 0.494 e. The Labute approximate surface area is 132 Å². The summed E-state index contributed by atoms with van der Waals surface area (Å²) < 4.78 is 5.47. The normalized spacial score (nSPS) is 17.5. The van der Waals surface area contributed by atoms with E-state index in [0.717, 1.165) is 22.8 Å². The van der Waals surface area contributed by atoms with Gasteiger partial charge in [0.05, 0.1) is 30.2 Å². The first-order valence-corrected chi connectivity index (χ1v) is 8.31. The van der Waals surface area contributed by atoms with Gasteiger partial charge in [0.15, 0.2) is 0 Å². The fourth-order valence-corrected chi connectivity index (χ4v) is 3.12. The van der Waals surface area contributed by atoms with Crippen LogP contribution in [0.5, 0.6) is 5.75 Å². The molecule has 4 nitrogen and oxygen atoms in total. The molecule has 1 fully saturated rings. The maximum Gasteiger partial charge on any atom is 0.146 e. The van der Waals surface area contributed by atoms with Crippen molar-refractivity contribution in [3.05, 3.63) is 30.1 Å². The number of aliphatic imine (C=N–C) groups is 1. The van der Waals surface area contributed by atoms with Gasteiger partial charge < -0.3 is 14.7 Å². The molecular formula is C18H25N3O. The molecule has 0 aliphatic heterocycles. The first-order chi connectivity index (χ1) is 10.9. The van der Waals surface area contributed by atoms with E-state index in [4.69, 9.17) is 9.73 Å². The van der Waals surface area contributed by atoms with E-state index in [1.807, 2.05) is 30.6 Å². The predicted molar refractivity (Wildman–Crippen MR) is 90.8 cm³/mol. The van der Waals surface area contributed by atoms with Gasteiger partial charge in [0.2, 0.25) is 0 Å². The Hall–Kier alpha value is -1.97. The molecule has 2 heterocycles. The molecule has 0 atom stereocenters. The molecule has 0 spiro atoms. The summed E-state index contributed by atoms with van der Waals surface area (Å²) >= 11 is 0. The number of hydrogen-bond donors (Lipinski definition) is 2. The van der Waals surface area contributed by atoms with Crippen LogP contribution < -0.4 is 4.74 Å². The molecule has 4 heteroatoms. The molecule has 1 aliphatic carbocycles. The molecule has 2 N–H and O–H groups in total. The Morgan fingerprint density at radius 2 is 1.91 bits per heavy atom. The minimum Gasteiger partial charge on any atom is -0.494 e. The summed E-state index contributed by atoms with van der Waals surface area (Å²) in [6.45, 7) is 0. The zero-order chi connectivity index (χ0) is 15.2. The van der Waals surface area contributed by atoms with Crippen LogP contribution in [0, 0.1) is 0 Å². The molecule has 0 aromatic carbocycles. The van der Waals surface area contributed by atoms with Gasteiger partial charge in [-0.25, -0.2) is 0 Å². The van der Waals surface area contributed by atoms with Crippen LogP contribution in [-0.4, -0.2) is 29.3 Å². The maximum absolute atomic E-state index is 5.47. The number of nitrogens with zero attached hydrogens (tertiary/aromatic N) is 1. The minimum absolute atomic E-state index is 0.460. The van der Waals surface area contributed by atoms with Gasteiger partial charge in [-0.2, -0.15) is 0 Å². The van der Waals surface area contributed by atoms with Crippen molar-refractivity contribution in [2.24, 2.45) is 4.99 Å². The average molecular weight is 299 g/mol. The molecule has 1 aliphatic rings. The van der Waals surface area contributed by atoms with Crippen LogP contribution in [0.15, 0.2) is 29.4 Å². The Morgan fingerprint density at radius 1 is 1.14 bits per heavy atom. The average Bonchev–Trinajstić information content (AvgIpc) is 3.15. The lowest BCUT2D eigenvalue weighted by atomic mass is 9.97. The van der Waals surface area contributed by atoms with Crippen LogP contribution in [-0.2, 0) is 0 Å². The second kappa shape index (κ2) is 7.34. The van der Waals surface area contributed by atoms with Crippen LogP contribution in [0.2, 0.25) is 0 Å².